The van der Waals surface area contributed by atoms with Crippen molar-refractivity contribution in [1.29, 1.82) is 0 Å². The number of ether oxygens (including phenoxy) is 1. The maximum atomic E-state index is 11.8. The van der Waals surface area contributed by atoms with Gasteiger partial charge < -0.3 is 10.1 Å². The van der Waals surface area contributed by atoms with Crippen LogP contribution in [0.1, 0.15) is 31.7 Å². The van der Waals surface area contributed by atoms with E-state index in [2.05, 4.69) is 18.3 Å². The maximum absolute atomic E-state index is 11.8. The minimum Gasteiger partial charge on any atom is -0.455 e. The molecule has 0 heterocycles. The second-order valence-electron chi connectivity index (χ2n) is 5.19. The lowest BCUT2D eigenvalue weighted by Gasteiger charge is -2.16. The Labute approximate surface area is 125 Å². The van der Waals surface area contributed by atoms with Gasteiger partial charge in [-0.2, -0.15) is 0 Å². The molecule has 0 aromatic heterocycles. The number of esters is 1. The highest BCUT2D eigenvalue weighted by molar-refractivity contribution is 5.92. The maximum Gasteiger partial charge on any atom is 0.309 e. The molecule has 4 heteroatoms. The first-order valence-electron chi connectivity index (χ1n) is 7.39. The summed E-state index contributed by atoms with van der Waals surface area (Å²) in [6.45, 7) is 1.85. The van der Waals surface area contributed by atoms with Gasteiger partial charge in [0.2, 0.25) is 0 Å². The molecule has 1 atom stereocenters. The number of carbonyl (C=O) groups is 2. The van der Waals surface area contributed by atoms with E-state index in [0.717, 1.165) is 19.3 Å². The number of amides is 1. The molecule has 1 N–H and O–H groups in total. The lowest BCUT2D eigenvalue weighted by molar-refractivity contribution is -0.151. The predicted octanol–water partition coefficient (Wildman–Crippen LogP) is 3.09. The van der Waals surface area contributed by atoms with Gasteiger partial charge >= 0.3 is 5.97 Å². The molecule has 0 aliphatic heterocycles. The van der Waals surface area contributed by atoms with E-state index in [9.17, 15) is 9.59 Å². The van der Waals surface area contributed by atoms with Crippen LogP contribution in [0, 0.1) is 5.92 Å². The van der Waals surface area contributed by atoms with Gasteiger partial charge in [0.05, 0.1) is 5.92 Å². The molecule has 0 fully saturated rings. The smallest absolute Gasteiger partial charge is 0.309 e. The zero-order valence-corrected chi connectivity index (χ0v) is 12.3. The molecule has 0 bridgehead atoms. The predicted molar refractivity (Wildman–Crippen MR) is 81.9 cm³/mol. The summed E-state index contributed by atoms with van der Waals surface area (Å²) >= 11 is 0. The van der Waals surface area contributed by atoms with Gasteiger partial charge in [-0.05, 0) is 43.4 Å². The zero-order chi connectivity index (χ0) is 15.1. The molecule has 4 nitrogen and oxygen atoms in total. The van der Waals surface area contributed by atoms with Crippen molar-refractivity contribution >= 4 is 17.6 Å². The highest BCUT2D eigenvalue weighted by Gasteiger charge is 2.20. The summed E-state index contributed by atoms with van der Waals surface area (Å²) < 4.78 is 5.08. The van der Waals surface area contributed by atoms with Crippen LogP contribution in [0.3, 0.4) is 0 Å². The fraction of sp³-hybridized carbons (Fsp3) is 0.412. The SMILES string of the molecule is CCc1ccc(NC(=O)COC(=O)[C@@H]2CC=CCC2)cc1. The topological polar surface area (TPSA) is 55.4 Å². The van der Waals surface area contributed by atoms with Gasteiger partial charge in [0.15, 0.2) is 6.61 Å². The molecular weight excluding hydrogens is 266 g/mol. The average Bonchev–Trinajstić information content (AvgIpc) is 2.54. The molecule has 1 aliphatic rings. The van der Waals surface area contributed by atoms with Crippen molar-refractivity contribution in [2.24, 2.45) is 5.92 Å². The van der Waals surface area contributed by atoms with E-state index in [0.29, 0.717) is 12.1 Å². The van der Waals surface area contributed by atoms with Crippen LogP contribution in [0.15, 0.2) is 36.4 Å². The third-order valence-electron chi connectivity index (χ3n) is 3.59. The summed E-state index contributed by atoms with van der Waals surface area (Å²) in [6, 6.07) is 7.64. The third-order valence-corrected chi connectivity index (χ3v) is 3.59. The Balaban J connectivity index is 1.76. The van der Waals surface area contributed by atoms with Crippen LogP contribution in [0.25, 0.3) is 0 Å². The number of hydrogen-bond donors (Lipinski definition) is 1. The molecule has 0 saturated carbocycles. The van der Waals surface area contributed by atoms with Crippen molar-refractivity contribution in [3.05, 3.63) is 42.0 Å². The molecule has 0 saturated heterocycles. The Morgan fingerprint density at radius 3 is 2.62 bits per heavy atom. The van der Waals surface area contributed by atoms with Gasteiger partial charge in [0, 0.05) is 5.69 Å². The molecule has 0 radical (unpaired) electrons. The van der Waals surface area contributed by atoms with E-state index >= 15 is 0 Å². The van der Waals surface area contributed by atoms with E-state index in [1.54, 1.807) is 0 Å². The summed E-state index contributed by atoms with van der Waals surface area (Å²) in [5.74, 6) is -0.693. The van der Waals surface area contributed by atoms with Crippen molar-refractivity contribution in [3.8, 4) is 0 Å². The molecule has 1 aliphatic carbocycles. The van der Waals surface area contributed by atoms with Gasteiger partial charge in [-0.3, -0.25) is 9.59 Å². The number of hydrogen-bond acceptors (Lipinski definition) is 3. The van der Waals surface area contributed by atoms with Gasteiger partial charge in [0.25, 0.3) is 5.91 Å². The first kappa shape index (κ1) is 15.3. The van der Waals surface area contributed by atoms with Crippen molar-refractivity contribution in [2.45, 2.75) is 32.6 Å². The summed E-state index contributed by atoms with van der Waals surface area (Å²) in [5.41, 5.74) is 1.93. The second kappa shape index (κ2) is 7.62. The van der Waals surface area contributed by atoms with Gasteiger partial charge in [-0.25, -0.2) is 0 Å². The summed E-state index contributed by atoms with van der Waals surface area (Å²) in [4.78, 5) is 23.6. The van der Waals surface area contributed by atoms with Crippen molar-refractivity contribution in [3.63, 3.8) is 0 Å². The Hall–Kier alpha value is -2.10. The molecule has 1 aromatic carbocycles. The molecule has 2 rings (SSSR count). The van der Waals surface area contributed by atoms with Crippen LogP contribution < -0.4 is 5.32 Å². The highest BCUT2D eigenvalue weighted by atomic mass is 16.5. The minimum atomic E-state index is -0.307. The summed E-state index contributed by atoms with van der Waals surface area (Å²) in [6.07, 6.45) is 7.42. The highest BCUT2D eigenvalue weighted by Crippen LogP contribution is 2.19. The van der Waals surface area contributed by atoms with E-state index in [1.165, 1.54) is 5.56 Å². The van der Waals surface area contributed by atoms with Crippen molar-refractivity contribution in [2.75, 3.05) is 11.9 Å². The third kappa shape index (κ3) is 4.74. The normalized spacial score (nSPS) is 17.3. The Kier molecular flexibility index (Phi) is 5.55. The number of aryl methyl sites for hydroxylation is 1. The average molecular weight is 287 g/mol. The van der Waals surface area contributed by atoms with E-state index in [1.807, 2.05) is 30.3 Å². The van der Waals surface area contributed by atoms with Gasteiger partial charge in [-0.15, -0.1) is 0 Å². The minimum absolute atomic E-state index is 0.105. The van der Waals surface area contributed by atoms with Crippen molar-refractivity contribution < 1.29 is 14.3 Å². The molecule has 21 heavy (non-hydrogen) atoms. The summed E-state index contributed by atoms with van der Waals surface area (Å²) in [5, 5.41) is 2.72. The van der Waals surface area contributed by atoms with Crippen LogP contribution in [-0.4, -0.2) is 18.5 Å². The lowest BCUT2D eigenvalue weighted by Crippen LogP contribution is -2.25. The number of carbonyl (C=O) groups excluding carboxylic acids is 2. The zero-order valence-electron chi connectivity index (χ0n) is 12.3. The number of benzene rings is 1. The number of nitrogens with one attached hydrogen (secondary N) is 1. The molecular formula is C17H21NO3. The number of rotatable bonds is 5. The van der Waals surface area contributed by atoms with Crippen LogP contribution in [0.4, 0.5) is 5.69 Å². The fourth-order valence-electron chi connectivity index (χ4n) is 2.28. The van der Waals surface area contributed by atoms with E-state index in [-0.39, 0.29) is 24.4 Å². The molecule has 0 spiro atoms. The van der Waals surface area contributed by atoms with E-state index in [4.69, 9.17) is 4.74 Å². The largest absolute Gasteiger partial charge is 0.455 e. The van der Waals surface area contributed by atoms with Gasteiger partial charge in [-0.1, -0.05) is 31.2 Å². The molecule has 1 amide bonds. The van der Waals surface area contributed by atoms with Crippen LogP contribution >= 0.6 is 0 Å². The Morgan fingerprint density at radius 2 is 2.00 bits per heavy atom. The lowest BCUT2D eigenvalue weighted by atomic mass is 9.95. The second-order valence-corrected chi connectivity index (χ2v) is 5.19. The first-order valence-corrected chi connectivity index (χ1v) is 7.39. The Morgan fingerprint density at radius 1 is 1.24 bits per heavy atom. The fourth-order valence-corrected chi connectivity index (χ4v) is 2.28. The number of anilines is 1. The molecule has 1 aromatic rings. The van der Waals surface area contributed by atoms with Crippen molar-refractivity contribution in [1.82, 2.24) is 0 Å². The van der Waals surface area contributed by atoms with Crippen LogP contribution in [0.5, 0.6) is 0 Å². The first-order chi connectivity index (χ1) is 10.2. The summed E-state index contributed by atoms with van der Waals surface area (Å²) in [7, 11) is 0. The van der Waals surface area contributed by atoms with E-state index < -0.39 is 0 Å². The Bertz CT molecular complexity index is 519. The van der Waals surface area contributed by atoms with Crippen LogP contribution in [-0.2, 0) is 20.7 Å². The standard InChI is InChI=1S/C17H21NO3/c1-2-13-8-10-15(11-9-13)18-16(19)12-21-17(20)14-6-4-3-5-7-14/h3-4,8-11,14H,2,5-7,12H2,1H3,(H,18,19)/t14-/m1/s1. The van der Waals surface area contributed by atoms with Crippen LogP contribution in [0.2, 0.25) is 0 Å². The quantitative estimate of drug-likeness (QED) is 0.669. The molecule has 112 valence electrons. The van der Waals surface area contributed by atoms with Gasteiger partial charge in [0.1, 0.15) is 0 Å². The monoisotopic (exact) mass is 287 g/mol. The number of allylic oxidation sites excluding steroid dienone is 2. The molecule has 0 unspecified atom stereocenters.